The molecule has 2 aromatic rings. The average Bonchev–Trinajstić information content (AvgIpc) is 2.73. The van der Waals surface area contributed by atoms with Gasteiger partial charge in [0.2, 0.25) is 10.0 Å². The number of carbonyl (C=O) groups excluding carboxylic acids is 1. The number of nitrogens with one attached hydrogen (secondary N) is 2. The van der Waals surface area contributed by atoms with Gasteiger partial charge in [0.15, 0.2) is 0 Å². The summed E-state index contributed by atoms with van der Waals surface area (Å²) in [5, 5.41) is 2.60. The van der Waals surface area contributed by atoms with E-state index in [1.165, 1.54) is 13.5 Å². The zero-order valence-corrected chi connectivity index (χ0v) is 16.4. The van der Waals surface area contributed by atoms with Crippen LogP contribution in [0.3, 0.4) is 0 Å². The Morgan fingerprint density at radius 2 is 1.93 bits per heavy atom. The minimum Gasteiger partial charge on any atom is -0.357 e. The molecule has 1 fully saturated rings. The van der Waals surface area contributed by atoms with Gasteiger partial charge in [-0.25, -0.2) is 22.5 Å². The number of benzene rings is 1. The van der Waals surface area contributed by atoms with Gasteiger partial charge in [-0.15, -0.1) is 0 Å². The van der Waals surface area contributed by atoms with Crippen LogP contribution in [0.15, 0.2) is 41.4 Å². The Kier molecular flexibility index (Phi) is 6.25. The molecule has 7 nitrogen and oxygen atoms in total. The van der Waals surface area contributed by atoms with Crippen LogP contribution in [-0.4, -0.2) is 39.4 Å². The lowest BCUT2D eigenvalue weighted by atomic mass is 10.1. The number of piperidine rings is 1. The largest absolute Gasteiger partial charge is 0.357 e. The van der Waals surface area contributed by atoms with Gasteiger partial charge < -0.3 is 10.2 Å². The summed E-state index contributed by atoms with van der Waals surface area (Å²) in [6.45, 7) is 2.15. The van der Waals surface area contributed by atoms with Crippen LogP contribution in [0.4, 0.5) is 10.2 Å². The SMILES string of the molecule is CNS(=O)(=O)c1ccc(F)c(C(=O)NCc2ccc(N3CCCCC3)nc2)c1. The highest BCUT2D eigenvalue weighted by Crippen LogP contribution is 2.18. The predicted molar refractivity (Wildman–Crippen MR) is 104 cm³/mol. The second-order valence-corrected chi connectivity index (χ2v) is 8.49. The molecule has 0 unspecified atom stereocenters. The molecular weight excluding hydrogens is 383 g/mol. The molecule has 0 atom stereocenters. The van der Waals surface area contributed by atoms with Crippen molar-refractivity contribution in [1.29, 1.82) is 0 Å². The van der Waals surface area contributed by atoms with Crippen molar-refractivity contribution in [3.05, 3.63) is 53.5 Å². The molecule has 1 amide bonds. The Balaban J connectivity index is 1.66. The zero-order chi connectivity index (χ0) is 20.1. The van der Waals surface area contributed by atoms with Crippen molar-refractivity contribution in [2.75, 3.05) is 25.0 Å². The molecule has 1 aromatic heterocycles. The third-order valence-electron chi connectivity index (χ3n) is 4.70. The van der Waals surface area contributed by atoms with Gasteiger partial charge in [0.25, 0.3) is 5.91 Å². The van der Waals surface area contributed by atoms with Gasteiger partial charge >= 0.3 is 0 Å². The van der Waals surface area contributed by atoms with E-state index in [4.69, 9.17) is 0 Å². The second kappa shape index (κ2) is 8.66. The first-order valence-electron chi connectivity index (χ1n) is 9.12. The van der Waals surface area contributed by atoms with Gasteiger partial charge in [-0.05, 0) is 56.1 Å². The first-order chi connectivity index (χ1) is 13.4. The molecular formula is C19H23FN4O3S. The predicted octanol–water partition coefficient (Wildman–Crippen LogP) is 2.05. The van der Waals surface area contributed by atoms with Gasteiger partial charge in [0.05, 0.1) is 10.5 Å². The number of carbonyl (C=O) groups is 1. The molecule has 2 N–H and O–H groups in total. The van der Waals surface area contributed by atoms with E-state index in [1.807, 2.05) is 12.1 Å². The van der Waals surface area contributed by atoms with Crippen molar-refractivity contribution in [3.63, 3.8) is 0 Å². The molecule has 28 heavy (non-hydrogen) atoms. The fourth-order valence-corrected chi connectivity index (χ4v) is 3.83. The lowest BCUT2D eigenvalue weighted by Gasteiger charge is -2.27. The van der Waals surface area contributed by atoms with Crippen molar-refractivity contribution in [2.24, 2.45) is 0 Å². The van der Waals surface area contributed by atoms with Gasteiger partial charge in [0, 0.05) is 25.8 Å². The quantitative estimate of drug-likeness (QED) is 0.766. The summed E-state index contributed by atoms with van der Waals surface area (Å²) in [4.78, 5) is 18.8. The van der Waals surface area contributed by atoms with E-state index in [1.54, 1.807) is 6.20 Å². The lowest BCUT2D eigenvalue weighted by Crippen LogP contribution is -2.30. The molecule has 9 heteroatoms. The molecule has 1 saturated heterocycles. The molecule has 1 aliphatic rings. The Morgan fingerprint density at radius 1 is 1.18 bits per heavy atom. The molecule has 0 aliphatic carbocycles. The molecule has 0 radical (unpaired) electrons. The van der Waals surface area contributed by atoms with Crippen LogP contribution in [0.5, 0.6) is 0 Å². The molecule has 0 spiro atoms. The maximum Gasteiger partial charge on any atom is 0.254 e. The van der Waals surface area contributed by atoms with E-state index in [0.29, 0.717) is 0 Å². The summed E-state index contributed by atoms with van der Waals surface area (Å²) in [7, 11) is -2.52. The summed E-state index contributed by atoms with van der Waals surface area (Å²) < 4.78 is 39.8. The summed E-state index contributed by atoms with van der Waals surface area (Å²) in [6.07, 6.45) is 5.25. The smallest absolute Gasteiger partial charge is 0.254 e. The number of aromatic nitrogens is 1. The van der Waals surface area contributed by atoms with Crippen LogP contribution < -0.4 is 14.9 Å². The third-order valence-corrected chi connectivity index (χ3v) is 6.12. The highest BCUT2D eigenvalue weighted by molar-refractivity contribution is 7.89. The number of halogens is 1. The van der Waals surface area contributed by atoms with Crippen molar-refractivity contribution in [2.45, 2.75) is 30.7 Å². The summed E-state index contributed by atoms with van der Waals surface area (Å²) >= 11 is 0. The maximum atomic E-state index is 14.0. The summed E-state index contributed by atoms with van der Waals surface area (Å²) in [5.41, 5.74) is 0.447. The number of rotatable bonds is 6. The van der Waals surface area contributed by atoms with Crippen LogP contribution in [0, 0.1) is 5.82 Å². The highest BCUT2D eigenvalue weighted by atomic mass is 32.2. The van der Waals surface area contributed by atoms with Crippen LogP contribution in [0.1, 0.15) is 35.2 Å². The van der Waals surface area contributed by atoms with E-state index in [0.717, 1.165) is 55.5 Å². The van der Waals surface area contributed by atoms with Gasteiger partial charge in [-0.1, -0.05) is 6.07 Å². The van der Waals surface area contributed by atoms with E-state index in [2.05, 4.69) is 19.9 Å². The fourth-order valence-electron chi connectivity index (χ4n) is 3.07. The van der Waals surface area contributed by atoms with E-state index < -0.39 is 21.7 Å². The molecule has 2 heterocycles. The number of hydrogen-bond acceptors (Lipinski definition) is 5. The topological polar surface area (TPSA) is 91.4 Å². The monoisotopic (exact) mass is 406 g/mol. The summed E-state index contributed by atoms with van der Waals surface area (Å²) in [6, 6.07) is 6.88. The molecule has 0 saturated carbocycles. The Morgan fingerprint density at radius 3 is 2.57 bits per heavy atom. The van der Waals surface area contributed by atoms with Crippen molar-refractivity contribution >= 4 is 21.7 Å². The lowest BCUT2D eigenvalue weighted by molar-refractivity contribution is 0.0946. The fraction of sp³-hybridized carbons (Fsp3) is 0.368. The van der Waals surface area contributed by atoms with Crippen molar-refractivity contribution in [1.82, 2.24) is 15.0 Å². The first-order valence-corrected chi connectivity index (χ1v) is 10.6. The average molecular weight is 406 g/mol. The van der Waals surface area contributed by atoms with Gasteiger partial charge in [-0.3, -0.25) is 4.79 Å². The van der Waals surface area contributed by atoms with E-state index in [9.17, 15) is 17.6 Å². The normalized spacial score (nSPS) is 14.7. The third kappa shape index (κ3) is 4.66. The highest BCUT2D eigenvalue weighted by Gasteiger charge is 2.18. The molecule has 3 rings (SSSR count). The number of anilines is 1. The molecule has 1 aliphatic heterocycles. The second-order valence-electron chi connectivity index (χ2n) is 6.60. The van der Waals surface area contributed by atoms with Crippen LogP contribution in [0.25, 0.3) is 0 Å². The first kappa shape index (κ1) is 20.2. The van der Waals surface area contributed by atoms with Crippen molar-refractivity contribution in [3.8, 4) is 0 Å². The Labute approximate surface area is 164 Å². The van der Waals surface area contributed by atoms with E-state index >= 15 is 0 Å². The maximum absolute atomic E-state index is 14.0. The molecule has 150 valence electrons. The Bertz CT molecular complexity index is 942. The number of amides is 1. The van der Waals surface area contributed by atoms with Crippen LogP contribution >= 0.6 is 0 Å². The minimum atomic E-state index is -3.76. The number of nitrogens with zero attached hydrogens (tertiary/aromatic N) is 2. The van der Waals surface area contributed by atoms with Crippen LogP contribution in [-0.2, 0) is 16.6 Å². The Hall–Kier alpha value is -2.52. The van der Waals surface area contributed by atoms with E-state index in [-0.39, 0.29) is 17.0 Å². The zero-order valence-electron chi connectivity index (χ0n) is 15.6. The number of hydrogen-bond donors (Lipinski definition) is 2. The van der Waals surface area contributed by atoms with Gasteiger partial charge in [0.1, 0.15) is 11.6 Å². The molecule has 1 aromatic carbocycles. The standard InChI is InChI=1S/C19H23FN4O3S/c1-21-28(26,27)15-6-7-17(20)16(11-15)19(25)23-13-14-5-8-18(22-12-14)24-9-3-2-4-10-24/h5-8,11-12,21H,2-4,9-10,13H2,1H3,(H,23,25). The molecule has 0 bridgehead atoms. The van der Waals surface area contributed by atoms with Gasteiger partial charge in [-0.2, -0.15) is 0 Å². The minimum absolute atomic E-state index is 0.161. The number of pyridine rings is 1. The number of sulfonamides is 1. The van der Waals surface area contributed by atoms with Crippen LogP contribution in [0.2, 0.25) is 0 Å². The summed E-state index contributed by atoms with van der Waals surface area (Å²) in [5.74, 6) is -0.567. The van der Waals surface area contributed by atoms with Crippen molar-refractivity contribution < 1.29 is 17.6 Å².